The van der Waals surface area contributed by atoms with Gasteiger partial charge in [-0.05, 0) is 85.7 Å². The fourth-order valence-electron chi connectivity index (χ4n) is 0.544. The number of hydrogen-bond acceptors (Lipinski definition) is 1. The monoisotopic (exact) mass is 514 g/mol. The highest BCUT2D eigenvalue weighted by atomic mass is 79.9. The van der Waals surface area contributed by atoms with Gasteiger partial charge in [0, 0.05) is 22.4 Å². The summed E-state index contributed by atoms with van der Waals surface area (Å²) in [6, 6.07) is 1.97. The predicted molar refractivity (Wildman–Crippen MR) is 73.6 cm³/mol. The van der Waals surface area contributed by atoms with Crippen molar-refractivity contribution in [1.82, 2.24) is 0 Å². The van der Waals surface area contributed by atoms with Gasteiger partial charge in [0.2, 0.25) is 0 Å². The maximum absolute atomic E-state index is 8.36. The first-order valence-corrected chi connectivity index (χ1v) is 6.98. The van der Waals surface area contributed by atoms with E-state index in [0.29, 0.717) is 0 Å². The standard InChI is InChI=1S/C6HBr5.CH2O2/c7-2-1-3(8)5(10)6(11)4(2)9;2-1-3/h1H;1H,(H,2,3). The van der Waals surface area contributed by atoms with Crippen LogP contribution in [0.15, 0.2) is 28.4 Å². The summed E-state index contributed by atoms with van der Waals surface area (Å²) in [6.45, 7) is -0.250. The third-order valence-corrected chi connectivity index (χ3v) is 6.88. The van der Waals surface area contributed by atoms with Crippen LogP contribution in [0.4, 0.5) is 0 Å². The van der Waals surface area contributed by atoms with Crippen LogP contribution in [0.1, 0.15) is 0 Å². The first-order valence-electron chi connectivity index (χ1n) is 3.02. The highest BCUT2D eigenvalue weighted by Gasteiger charge is 2.09. The van der Waals surface area contributed by atoms with Gasteiger partial charge in [0.05, 0.1) is 0 Å². The smallest absolute Gasteiger partial charge is 0.290 e. The van der Waals surface area contributed by atoms with E-state index in [1.54, 1.807) is 0 Å². The summed E-state index contributed by atoms with van der Waals surface area (Å²) in [5, 5.41) is 6.89. The van der Waals surface area contributed by atoms with Crippen LogP contribution in [-0.2, 0) is 4.79 Å². The Bertz CT molecular complexity index is 313. The lowest BCUT2D eigenvalue weighted by Gasteiger charge is -2.04. The molecule has 1 rings (SSSR count). The number of halogens is 5. The molecule has 7 heteroatoms. The lowest BCUT2D eigenvalue weighted by atomic mass is 10.4. The maximum atomic E-state index is 8.36. The molecule has 0 saturated carbocycles. The Hall–Kier alpha value is 1.09. The van der Waals surface area contributed by atoms with E-state index in [9.17, 15) is 0 Å². The second-order valence-electron chi connectivity index (χ2n) is 1.89. The molecule has 0 aliphatic heterocycles. The summed E-state index contributed by atoms with van der Waals surface area (Å²) in [4.78, 5) is 8.36. The number of carboxylic acid groups (broad SMARTS) is 1. The molecule has 1 N–H and O–H groups in total. The minimum absolute atomic E-state index is 0.250. The van der Waals surface area contributed by atoms with Crippen molar-refractivity contribution in [1.29, 1.82) is 0 Å². The molecule has 0 amide bonds. The van der Waals surface area contributed by atoms with Crippen molar-refractivity contribution in [2.75, 3.05) is 0 Å². The Labute approximate surface area is 123 Å². The van der Waals surface area contributed by atoms with Crippen molar-refractivity contribution < 1.29 is 9.90 Å². The van der Waals surface area contributed by atoms with Crippen LogP contribution in [0.3, 0.4) is 0 Å². The van der Waals surface area contributed by atoms with Crippen LogP contribution in [0.25, 0.3) is 0 Å². The van der Waals surface area contributed by atoms with E-state index in [0.717, 1.165) is 22.4 Å². The molecule has 0 unspecified atom stereocenters. The Morgan fingerprint density at radius 3 is 1.50 bits per heavy atom. The first-order chi connectivity index (χ1) is 6.45. The zero-order chi connectivity index (χ0) is 11.3. The van der Waals surface area contributed by atoms with E-state index in [1.807, 2.05) is 6.07 Å². The summed E-state index contributed by atoms with van der Waals surface area (Å²) in [7, 11) is 0. The summed E-state index contributed by atoms with van der Waals surface area (Å²) < 4.78 is 5.04. The van der Waals surface area contributed by atoms with Gasteiger partial charge in [-0.25, -0.2) is 0 Å². The van der Waals surface area contributed by atoms with E-state index < -0.39 is 0 Å². The Kier molecular flexibility index (Phi) is 7.95. The van der Waals surface area contributed by atoms with E-state index in [4.69, 9.17) is 9.90 Å². The van der Waals surface area contributed by atoms with Gasteiger partial charge in [-0.3, -0.25) is 4.79 Å². The van der Waals surface area contributed by atoms with E-state index >= 15 is 0 Å². The van der Waals surface area contributed by atoms with Crippen molar-refractivity contribution in [3.63, 3.8) is 0 Å². The zero-order valence-corrected chi connectivity index (χ0v) is 14.3. The molecule has 0 fully saturated rings. The Balaban J connectivity index is 0.000000500. The summed E-state index contributed by atoms with van der Waals surface area (Å²) in [6.07, 6.45) is 0. The van der Waals surface area contributed by atoms with Gasteiger partial charge in [-0.1, -0.05) is 0 Å². The van der Waals surface area contributed by atoms with Crippen molar-refractivity contribution in [3.05, 3.63) is 28.4 Å². The van der Waals surface area contributed by atoms with Crippen molar-refractivity contribution in [2.45, 2.75) is 0 Å². The maximum Gasteiger partial charge on any atom is 0.290 e. The lowest BCUT2D eigenvalue weighted by Crippen LogP contribution is -1.77. The van der Waals surface area contributed by atoms with Gasteiger partial charge in [0.25, 0.3) is 6.47 Å². The summed E-state index contributed by atoms with van der Waals surface area (Å²) in [5.74, 6) is 0. The van der Waals surface area contributed by atoms with Gasteiger partial charge in [-0.15, -0.1) is 0 Å². The highest BCUT2D eigenvalue weighted by molar-refractivity contribution is 9.15. The van der Waals surface area contributed by atoms with Crippen molar-refractivity contribution in [3.8, 4) is 0 Å². The molecule has 14 heavy (non-hydrogen) atoms. The van der Waals surface area contributed by atoms with Crippen LogP contribution in [0.5, 0.6) is 0 Å². The van der Waals surface area contributed by atoms with Crippen molar-refractivity contribution in [2.24, 2.45) is 0 Å². The van der Waals surface area contributed by atoms with Gasteiger partial charge in [0.1, 0.15) is 0 Å². The number of rotatable bonds is 0. The van der Waals surface area contributed by atoms with E-state index in [2.05, 4.69) is 79.6 Å². The third-order valence-electron chi connectivity index (χ3n) is 1.06. The minimum atomic E-state index is -0.250. The van der Waals surface area contributed by atoms with Gasteiger partial charge < -0.3 is 5.11 Å². The molecule has 0 aliphatic rings. The highest BCUT2D eigenvalue weighted by Crippen LogP contribution is 2.40. The summed E-state index contributed by atoms with van der Waals surface area (Å²) >= 11 is 17.1. The fourth-order valence-corrected chi connectivity index (χ4v) is 3.56. The normalized spacial score (nSPS) is 8.93. The molecule has 78 valence electrons. The predicted octanol–water partition coefficient (Wildman–Crippen LogP) is 5.20. The minimum Gasteiger partial charge on any atom is -0.483 e. The molecule has 1 aromatic rings. The largest absolute Gasteiger partial charge is 0.483 e. The number of hydrogen-bond donors (Lipinski definition) is 1. The van der Waals surface area contributed by atoms with Crippen molar-refractivity contribution >= 4 is 86.1 Å². The fraction of sp³-hybridized carbons (Fsp3) is 0. The van der Waals surface area contributed by atoms with Crippen LogP contribution in [0.2, 0.25) is 0 Å². The number of carbonyl (C=O) groups is 1. The van der Waals surface area contributed by atoms with E-state index in [-0.39, 0.29) is 6.47 Å². The average Bonchev–Trinajstić information content (AvgIpc) is 2.13. The molecule has 0 saturated heterocycles. The molecule has 0 spiro atoms. The Morgan fingerprint density at radius 1 is 0.929 bits per heavy atom. The molecule has 0 radical (unpaired) electrons. The van der Waals surface area contributed by atoms with Gasteiger partial charge in [0.15, 0.2) is 0 Å². The molecule has 0 heterocycles. The van der Waals surface area contributed by atoms with Crippen LogP contribution in [-0.4, -0.2) is 11.6 Å². The van der Waals surface area contributed by atoms with Crippen LogP contribution >= 0.6 is 79.6 Å². The third kappa shape index (κ3) is 4.30. The molecular formula is C7H3Br5O2. The number of benzene rings is 1. The van der Waals surface area contributed by atoms with Crippen LogP contribution < -0.4 is 0 Å². The second-order valence-corrected chi connectivity index (χ2v) is 5.98. The zero-order valence-electron chi connectivity index (χ0n) is 6.40. The molecular weight excluding hydrogens is 516 g/mol. The lowest BCUT2D eigenvalue weighted by molar-refractivity contribution is -0.122. The second kappa shape index (κ2) is 7.38. The average molecular weight is 519 g/mol. The Morgan fingerprint density at radius 2 is 1.21 bits per heavy atom. The van der Waals surface area contributed by atoms with Gasteiger partial charge >= 0.3 is 0 Å². The topological polar surface area (TPSA) is 37.3 Å². The first kappa shape index (κ1) is 15.1. The molecule has 0 aliphatic carbocycles. The quantitative estimate of drug-likeness (QED) is 0.291. The molecule has 1 aromatic carbocycles. The van der Waals surface area contributed by atoms with Gasteiger partial charge in [-0.2, -0.15) is 0 Å². The van der Waals surface area contributed by atoms with E-state index in [1.165, 1.54) is 0 Å². The SMILES string of the molecule is Brc1cc(Br)c(Br)c(Br)c1Br.O=CO. The molecule has 0 aromatic heterocycles. The van der Waals surface area contributed by atoms with Crippen LogP contribution in [0, 0.1) is 0 Å². The summed E-state index contributed by atoms with van der Waals surface area (Å²) in [5.41, 5.74) is 0. The molecule has 0 atom stereocenters. The molecule has 2 nitrogen and oxygen atoms in total. The molecule has 0 bridgehead atoms.